The third-order valence-electron chi connectivity index (χ3n) is 4.67. The maximum Gasteiger partial charge on any atom is 0.211 e. The largest absolute Gasteiger partial charge is 0.327 e. The minimum Gasteiger partial charge on any atom is -0.327 e. The van der Waals surface area contributed by atoms with Crippen molar-refractivity contribution in [3.8, 4) is 0 Å². The summed E-state index contributed by atoms with van der Waals surface area (Å²) in [6, 6.07) is 0.00542. The highest BCUT2D eigenvalue weighted by Gasteiger charge is 2.32. The molecule has 1 saturated carbocycles. The molecule has 0 aromatic rings. The fourth-order valence-electron chi connectivity index (χ4n) is 3.49. The first kappa shape index (κ1) is 15.9. The van der Waals surface area contributed by atoms with Crippen LogP contribution in [0.1, 0.15) is 44.9 Å². The molecular weight excluding hydrogens is 276 g/mol. The number of Topliss-reactive ketones (excluding diaryl/α,β-unsaturated/α-hetero) is 1. The lowest BCUT2D eigenvalue weighted by atomic mass is 9.79. The van der Waals surface area contributed by atoms with Crippen LogP contribution in [0.15, 0.2) is 0 Å². The van der Waals surface area contributed by atoms with Gasteiger partial charge in [0.1, 0.15) is 5.78 Å². The second-order valence-electron chi connectivity index (χ2n) is 6.35. The van der Waals surface area contributed by atoms with Gasteiger partial charge in [0.05, 0.1) is 6.26 Å². The third-order valence-corrected chi connectivity index (χ3v) is 5.94. The number of rotatable bonds is 4. The number of nitrogens with two attached hydrogens (primary N) is 1. The predicted octanol–water partition coefficient (Wildman–Crippen LogP) is 1.13. The highest BCUT2D eigenvalue weighted by atomic mass is 32.2. The van der Waals surface area contributed by atoms with Crippen molar-refractivity contribution >= 4 is 15.8 Å². The number of ketones is 1. The van der Waals surface area contributed by atoms with E-state index in [4.69, 9.17) is 5.73 Å². The minimum atomic E-state index is -3.13. The van der Waals surface area contributed by atoms with Crippen molar-refractivity contribution in [1.82, 2.24) is 4.31 Å². The van der Waals surface area contributed by atoms with E-state index >= 15 is 0 Å². The lowest BCUT2D eigenvalue weighted by molar-refractivity contribution is -0.125. The Hall–Kier alpha value is -0.460. The normalized spacial score (nSPS) is 33.0. The Bertz CT molecular complexity index is 449. The van der Waals surface area contributed by atoms with Gasteiger partial charge >= 0.3 is 0 Å². The zero-order valence-corrected chi connectivity index (χ0v) is 13.1. The molecule has 2 rings (SSSR count). The highest BCUT2D eigenvalue weighted by molar-refractivity contribution is 7.88. The summed E-state index contributed by atoms with van der Waals surface area (Å²) in [4.78, 5) is 12.4. The van der Waals surface area contributed by atoms with Gasteiger partial charge in [0.2, 0.25) is 10.0 Å². The number of piperidine rings is 1. The van der Waals surface area contributed by atoms with Crippen molar-refractivity contribution in [3.63, 3.8) is 0 Å². The molecule has 1 aliphatic carbocycles. The first-order valence-corrected chi connectivity index (χ1v) is 9.46. The SMILES string of the molecule is CS(=O)(=O)N1CCCC(CC(=O)C2CCCCC2N)C1. The van der Waals surface area contributed by atoms with Gasteiger partial charge in [-0.2, -0.15) is 0 Å². The van der Waals surface area contributed by atoms with E-state index in [9.17, 15) is 13.2 Å². The van der Waals surface area contributed by atoms with E-state index in [0.29, 0.717) is 19.5 Å². The molecule has 116 valence electrons. The van der Waals surface area contributed by atoms with Gasteiger partial charge in [-0.05, 0) is 31.6 Å². The molecule has 0 aromatic heterocycles. The Morgan fingerprint density at radius 3 is 2.55 bits per heavy atom. The second kappa shape index (κ2) is 6.54. The second-order valence-corrected chi connectivity index (χ2v) is 8.34. The summed E-state index contributed by atoms with van der Waals surface area (Å²) in [5.74, 6) is 0.412. The monoisotopic (exact) mass is 302 g/mol. The third kappa shape index (κ3) is 4.02. The summed E-state index contributed by atoms with van der Waals surface area (Å²) >= 11 is 0. The van der Waals surface area contributed by atoms with Crippen molar-refractivity contribution in [3.05, 3.63) is 0 Å². The molecule has 1 saturated heterocycles. The van der Waals surface area contributed by atoms with Crippen LogP contribution in [0.25, 0.3) is 0 Å². The number of carbonyl (C=O) groups is 1. The molecular formula is C14H26N2O3S. The smallest absolute Gasteiger partial charge is 0.211 e. The summed E-state index contributed by atoms with van der Waals surface area (Å²) in [7, 11) is -3.13. The van der Waals surface area contributed by atoms with Gasteiger partial charge in [-0.3, -0.25) is 4.79 Å². The van der Waals surface area contributed by atoms with Gasteiger partial charge in [-0.1, -0.05) is 12.8 Å². The fourth-order valence-corrected chi connectivity index (χ4v) is 4.43. The van der Waals surface area contributed by atoms with Crippen LogP contribution < -0.4 is 5.73 Å². The Balaban J connectivity index is 1.90. The van der Waals surface area contributed by atoms with E-state index < -0.39 is 10.0 Å². The quantitative estimate of drug-likeness (QED) is 0.844. The van der Waals surface area contributed by atoms with Crippen LogP contribution in [0.3, 0.4) is 0 Å². The lowest BCUT2D eigenvalue weighted by Gasteiger charge is -2.33. The van der Waals surface area contributed by atoms with E-state index in [1.165, 1.54) is 10.6 Å². The van der Waals surface area contributed by atoms with Gasteiger partial charge in [0.15, 0.2) is 0 Å². The Morgan fingerprint density at radius 2 is 1.90 bits per heavy atom. The number of nitrogens with zero attached hydrogens (tertiary/aromatic N) is 1. The molecule has 0 spiro atoms. The van der Waals surface area contributed by atoms with Gasteiger partial charge in [0, 0.05) is 31.5 Å². The topological polar surface area (TPSA) is 80.5 Å². The molecule has 0 bridgehead atoms. The molecule has 1 aliphatic heterocycles. The van der Waals surface area contributed by atoms with E-state index in [1.807, 2.05) is 0 Å². The van der Waals surface area contributed by atoms with E-state index in [1.54, 1.807) is 0 Å². The first-order chi connectivity index (χ1) is 9.38. The summed E-state index contributed by atoms with van der Waals surface area (Å²) in [6.07, 6.45) is 7.58. The van der Waals surface area contributed by atoms with Crippen molar-refractivity contribution in [2.24, 2.45) is 17.6 Å². The molecule has 0 amide bonds. The van der Waals surface area contributed by atoms with E-state index in [2.05, 4.69) is 0 Å². The van der Waals surface area contributed by atoms with Crippen LogP contribution in [0.4, 0.5) is 0 Å². The Morgan fingerprint density at radius 1 is 1.20 bits per heavy atom. The molecule has 3 unspecified atom stereocenters. The summed E-state index contributed by atoms with van der Waals surface area (Å²) in [5.41, 5.74) is 6.05. The average molecular weight is 302 g/mol. The van der Waals surface area contributed by atoms with Crippen molar-refractivity contribution in [1.29, 1.82) is 0 Å². The van der Waals surface area contributed by atoms with Crippen LogP contribution in [0.5, 0.6) is 0 Å². The standard InChI is InChI=1S/C14H26N2O3S/c1-20(18,19)16-8-4-5-11(10-16)9-14(17)12-6-2-3-7-13(12)15/h11-13H,2-10,15H2,1H3. The fraction of sp³-hybridized carbons (Fsp3) is 0.929. The lowest BCUT2D eigenvalue weighted by Crippen LogP contribution is -2.42. The molecule has 3 atom stereocenters. The first-order valence-electron chi connectivity index (χ1n) is 7.61. The number of sulfonamides is 1. The summed E-state index contributed by atoms with van der Waals surface area (Å²) in [5, 5.41) is 0. The molecule has 2 aliphatic rings. The van der Waals surface area contributed by atoms with Gasteiger partial charge < -0.3 is 5.73 Å². The molecule has 0 aromatic carbocycles. The van der Waals surface area contributed by atoms with Crippen molar-refractivity contribution in [2.75, 3.05) is 19.3 Å². The Labute approximate surface area is 121 Å². The van der Waals surface area contributed by atoms with Gasteiger partial charge in [-0.15, -0.1) is 0 Å². The number of hydrogen-bond donors (Lipinski definition) is 1. The van der Waals surface area contributed by atoms with Crippen LogP contribution in [0, 0.1) is 11.8 Å². The predicted molar refractivity (Wildman–Crippen MR) is 78.7 cm³/mol. The maximum atomic E-state index is 12.4. The molecule has 1 heterocycles. The van der Waals surface area contributed by atoms with Gasteiger partial charge in [-0.25, -0.2) is 12.7 Å². The molecule has 2 N–H and O–H groups in total. The van der Waals surface area contributed by atoms with Crippen molar-refractivity contribution < 1.29 is 13.2 Å². The minimum absolute atomic E-state index is 0.00244. The van der Waals surface area contributed by atoms with Crippen molar-refractivity contribution in [2.45, 2.75) is 51.0 Å². The van der Waals surface area contributed by atoms with Crippen LogP contribution in [0.2, 0.25) is 0 Å². The van der Waals surface area contributed by atoms with E-state index in [0.717, 1.165) is 38.5 Å². The Kier molecular flexibility index (Phi) is 5.20. The van der Waals surface area contributed by atoms with Crippen LogP contribution in [-0.2, 0) is 14.8 Å². The zero-order valence-electron chi connectivity index (χ0n) is 12.3. The van der Waals surface area contributed by atoms with Crippen LogP contribution >= 0.6 is 0 Å². The highest BCUT2D eigenvalue weighted by Crippen LogP contribution is 2.28. The molecule has 2 fully saturated rings. The summed E-state index contributed by atoms with van der Waals surface area (Å²) < 4.78 is 24.7. The molecule has 5 nitrogen and oxygen atoms in total. The van der Waals surface area contributed by atoms with Gasteiger partial charge in [0.25, 0.3) is 0 Å². The summed E-state index contributed by atoms with van der Waals surface area (Å²) in [6.45, 7) is 1.08. The van der Waals surface area contributed by atoms with Crippen LogP contribution in [-0.4, -0.2) is 43.9 Å². The molecule has 6 heteroatoms. The average Bonchev–Trinajstić information content (AvgIpc) is 2.38. The number of hydrogen-bond acceptors (Lipinski definition) is 4. The molecule has 20 heavy (non-hydrogen) atoms. The molecule has 0 radical (unpaired) electrons. The zero-order chi connectivity index (χ0) is 14.8. The number of carbonyl (C=O) groups excluding carboxylic acids is 1. The van der Waals surface area contributed by atoms with E-state index in [-0.39, 0.29) is 23.7 Å². The maximum absolute atomic E-state index is 12.4.